The van der Waals surface area contributed by atoms with Gasteiger partial charge < -0.3 is 4.74 Å². The summed E-state index contributed by atoms with van der Waals surface area (Å²) in [4.78, 5) is 28.7. The molecule has 3 aromatic carbocycles. The Morgan fingerprint density at radius 2 is 1.36 bits per heavy atom. The lowest BCUT2D eigenvalue weighted by molar-refractivity contribution is -0.151. The van der Waals surface area contributed by atoms with E-state index in [1.54, 1.807) is 74.5 Å². The van der Waals surface area contributed by atoms with Gasteiger partial charge in [-0.3, -0.25) is 4.79 Å². The van der Waals surface area contributed by atoms with Gasteiger partial charge in [0.1, 0.15) is 6.04 Å². The Balaban J connectivity index is 1.79. The molecule has 2 aliphatic rings. The van der Waals surface area contributed by atoms with E-state index >= 15 is 0 Å². The summed E-state index contributed by atoms with van der Waals surface area (Å²) in [6.45, 7) is 4.85. The van der Waals surface area contributed by atoms with Crippen LogP contribution in [0.3, 0.4) is 0 Å². The summed E-state index contributed by atoms with van der Waals surface area (Å²) in [6.07, 6.45) is 3.08. The van der Waals surface area contributed by atoms with Crippen molar-refractivity contribution in [3.63, 3.8) is 0 Å². The van der Waals surface area contributed by atoms with Gasteiger partial charge in [-0.25, -0.2) is 34.5 Å². The van der Waals surface area contributed by atoms with E-state index in [0.29, 0.717) is 26.3 Å². The van der Waals surface area contributed by atoms with Crippen molar-refractivity contribution in [2.45, 2.75) is 79.8 Å². The number of amides is 1. The molecular formula is C36H43N3O8S3. The van der Waals surface area contributed by atoms with Crippen LogP contribution in [-0.2, 0) is 44.1 Å². The molecule has 1 heterocycles. The van der Waals surface area contributed by atoms with E-state index in [0.717, 1.165) is 30.4 Å². The molecule has 1 saturated carbocycles. The number of ether oxygens (including phenoxy) is 1. The second-order valence-electron chi connectivity index (χ2n) is 12.5. The summed E-state index contributed by atoms with van der Waals surface area (Å²) in [6, 6.07) is 18.4. The number of esters is 1. The highest BCUT2D eigenvalue weighted by Gasteiger charge is 2.62. The molecule has 1 unspecified atom stereocenters. The van der Waals surface area contributed by atoms with Crippen LogP contribution >= 0.6 is 0 Å². The number of hydrogen-bond acceptors (Lipinski definition) is 9. The number of hydrogen-bond donors (Lipinski definition) is 0. The molecular weight excluding hydrogens is 699 g/mol. The molecule has 4 atom stereocenters. The van der Waals surface area contributed by atoms with Crippen molar-refractivity contribution in [2.24, 2.45) is 16.2 Å². The van der Waals surface area contributed by atoms with E-state index in [1.165, 1.54) is 43.6 Å². The molecule has 1 aliphatic heterocycles. The molecule has 1 saturated heterocycles. The Morgan fingerprint density at radius 3 is 1.88 bits per heavy atom. The Hall–Kier alpha value is -3.85. The van der Waals surface area contributed by atoms with Crippen molar-refractivity contribution in [2.75, 3.05) is 13.7 Å². The quantitative estimate of drug-likeness (QED) is 0.229. The summed E-state index contributed by atoms with van der Waals surface area (Å²) in [7, 11) is -11.3. The predicted octanol–water partition coefficient (Wildman–Crippen LogP) is 5.65. The smallest absolute Gasteiger partial charge is 0.346 e. The maximum absolute atomic E-state index is 14.9. The maximum atomic E-state index is 14.9. The van der Waals surface area contributed by atoms with Crippen LogP contribution in [-0.4, -0.2) is 67.4 Å². The van der Waals surface area contributed by atoms with E-state index in [2.05, 4.69) is 4.36 Å². The van der Waals surface area contributed by atoms with Crippen LogP contribution < -0.4 is 0 Å². The normalized spacial score (nSPS) is 21.2. The second kappa shape index (κ2) is 15.2. The van der Waals surface area contributed by atoms with E-state index in [9.17, 15) is 30.6 Å². The Bertz CT molecular complexity index is 2070. The second-order valence-corrected chi connectivity index (χ2v) is 18.4. The number of carbonyl (C=O) groups excluding carboxylic acids is 2. The largest absolute Gasteiger partial charge is 0.463 e. The maximum Gasteiger partial charge on any atom is 0.346 e. The van der Waals surface area contributed by atoms with Gasteiger partial charge in [0.05, 0.1) is 31.0 Å². The van der Waals surface area contributed by atoms with Gasteiger partial charge in [0.2, 0.25) is 16.2 Å². The molecule has 0 N–H and O–H groups in total. The van der Waals surface area contributed by atoms with E-state index < -0.39 is 59.8 Å². The molecule has 1 amide bonds. The molecule has 268 valence electrons. The fourth-order valence-electron chi connectivity index (χ4n) is 6.65. The van der Waals surface area contributed by atoms with E-state index in [-0.39, 0.29) is 22.3 Å². The van der Waals surface area contributed by atoms with Crippen molar-refractivity contribution in [1.29, 1.82) is 0 Å². The Labute approximate surface area is 295 Å². The molecule has 1 aliphatic carbocycles. The molecule has 3 aromatic rings. The lowest BCUT2D eigenvalue weighted by Crippen LogP contribution is -2.52. The molecule has 11 nitrogen and oxygen atoms in total. The lowest BCUT2D eigenvalue weighted by atomic mass is 9.76. The monoisotopic (exact) mass is 741 g/mol. The minimum absolute atomic E-state index is 0.200. The topological polar surface area (TPSA) is 148 Å². The highest BCUT2D eigenvalue weighted by Crippen LogP contribution is 2.43. The Morgan fingerprint density at radius 1 is 0.820 bits per heavy atom. The number of sulfonamides is 2. The molecule has 50 heavy (non-hydrogen) atoms. The molecule has 2 fully saturated rings. The fraction of sp³-hybridized carbons (Fsp3) is 0.389. The summed E-state index contributed by atoms with van der Waals surface area (Å²) in [5.41, 5.74) is 1.52. The zero-order valence-electron chi connectivity index (χ0n) is 28.5. The van der Waals surface area contributed by atoms with Crippen molar-refractivity contribution in [3.05, 3.63) is 101 Å². The molecule has 0 spiro atoms. The third kappa shape index (κ3) is 7.30. The van der Waals surface area contributed by atoms with Gasteiger partial charge in [0.15, 0.2) is 0 Å². The van der Waals surface area contributed by atoms with Gasteiger partial charge >= 0.3 is 5.97 Å². The fourth-order valence-corrected chi connectivity index (χ4v) is 11.3. The third-order valence-corrected chi connectivity index (χ3v) is 14.9. The van der Waals surface area contributed by atoms with E-state index in [4.69, 9.17) is 4.74 Å². The summed E-state index contributed by atoms with van der Waals surface area (Å²) in [5.74, 6) is -3.60. The zero-order valence-corrected chi connectivity index (χ0v) is 31.0. The van der Waals surface area contributed by atoms with Gasteiger partial charge in [-0.1, -0.05) is 78.9 Å². The van der Waals surface area contributed by atoms with Gasteiger partial charge in [0.25, 0.3) is 15.9 Å². The van der Waals surface area contributed by atoms with E-state index in [1.807, 2.05) is 0 Å². The first-order valence-electron chi connectivity index (χ1n) is 16.6. The van der Waals surface area contributed by atoms with Gasteiger partial charge in [-0.15, -0.1) is 0 Å². The lowest BCUT2D eigenvalue weighted by Gasteiger charge is -2.35. The van der Waals surface area contributed by atoms with Crippen LogP contribution in [0.5, 0.6) is 0 Å². The van der Waals surface area contributed by atoms with Crippen molar-refractivity contribution in [3.8, 4) is 0 Å². The first kappa shape index (κ1) is 37.4. The van der Waals surface area contributed by atoms with Gasteiger partial charge in [0, 0.05) is 18.4 Å². The zero-order chi connectivity index (χ0) is 36.3. The van der Waals surface area contributed by atoms with Crippen molar-refractivity contribution in [1.82, 2.24) is 8.61 Å². The summed E-state index contributed by atoms with van der Waals surface area (Å²) < 4.78 is 83.2. The number of aryl methyl sites for hydroxylation is 2. The minimum Gasteiger partial charge on any atom is -0.463 e. The number of nitrogens with zero attached hydrogens (tertiary/aromatic N) is 3. The summed E-state index contributed by atoms with van der Waals surface area (Å²) >= 11 is 0. The standard InChI is InChI=1S/C36H43N3O8S3/c1-5-47-36(41)34-38(49(43,44)30-20-16-26(2)17-21-30)33(35(40)39(34)50(45,46)31-22-18-27(3)19-23-31)32(28-12-8-6-9-13-28)24-25-48(42,37-4)29-14-10-7-11-15-29/h7,10-11,14-25,28,32-34H,5-6,8-9,12-13H2,1-4H3/b25-24+/t32-,33-,34+,48?/m0/s1. The number of carbonyl (C=O) groups is 2. The van der Waals surface area contributed by atoms with Crippen molar-refractivity contribution >= 4 is 41.7 Å². The highest BCUT2D eigenvalue weighted by molar-refractivity contribution is 7.96. The van der Waals surface area contributed by atoms with Crippen LogP contribution in [0.25, 0.3) is 0 Å². The average Bonchev–Trinajstić information content (AvgIpc) is 3.43. The minimum atomic E-state index is -4.81. The van der Waals surface area contributed by atoms with Crippen LogP contribution in [0.1, 0.15) is 50.2 Å². The number of benzene rings is 3. The van der Waals surface area contributed by atoms with Crippen LogP contribution in [0.15, 0.2) is 109 Å². The predicted molar refractivity (Wildman–Crippen MR) is 190 cm³/mol. The molecule has 0 aromatic heterocycles. The Kier molecular flexibility index (Phi) is 11.4. The highest BCUT2D eigenvalue weighted by atomic mass is 32.2. The number of rotatable bonds is 11. The van der Waals surface area contributed by atoms with Gasteiger partial charge in [-0.2, -0.15) is 4.31 Å². The first-order chi connectivity index (χ1) is 23.8. The van der Waals surface area contributed by atoms with Crippen molar-refractivity contribution < 1.29 is 35.4 Å². The van der Waals surface area contributed by atoms with Gasteiger partial charge in [-0.05, 0) is 75.9 Å². The molecule has 5 rings (SSSR count). The average molecular weight is 742 g/mol. The first-order valence-corrected chi connectivity index (χ1v) is 21.0. The van der Waals surface area contributed by atoms with Crippen LogP contribution in [0.4, 0.5) is 0 Å². The van der Waals surface area contributed by atoms with Crippen LogP contribution in [0, 0.1) is 25.7 Å². The van der Waals surface area contributed by atoms with Crippen LogP contribution in [0.2, 0.25) is 0 Å². The SMILES string of the molecule is CCOC(=O)[C@H]1N(S(=O)(=O)c2ccc(C)cc2)C(=O)[C@H]([C@@H](/C=C/S(=O)(=NC)c2ccccc2)C2CCCCC2)N1S(=O)(=O)c1ccc(C)cc1. The molecule has 14 heteroatoms. The third-order valence-electron chi connectivity index (χ3n) is 9.28. The summed E-state index contributed by atoms with van der Waals surface area (Å²) in [5, 5.41) is 1.39. The molecule has 0 bridgehead atoms. The molecule has 0 radical (unpaired) electrons.